The fraction of sp³-hybridized carbons (Fsp3) is 0.435. The molecule has 3 aromatic rings. The minimum absolute atomic E-state index is 0.0176. The van der Waals surface area contributed by atoms with E-state index in [-0.39, 0.29) is 5.56 Å². The minimum atomic E-state index is -0.0176. The van der Waals surface area contributed by atoms with E-state index in [0.717, 1.165) is 48.0 Å². The highest BCUT2D eigenvalue weighted by Gasteiger charge is 2.23. The van der Waals surface area contributed by atoms with E-state index in [0.29, 0.717) is 22.7 Å². The zero-order chi connectivity index (χ0) is 21.3. The molecule has 0 N–H and O–H groups in total. The van der Waals surface area contributed by atoms with Gasteiger partial charge in [-0.05, 0) is 50.6 Å². The smallest absolute Gasteiger partial charge is 0.273 e. The summed E-state index contributed by atoms with van der Waals surface area (Å²) in [7, 11) is 4.05. The van der Waals surface area contributed by atoms with Gasteiger partial charge in [0.2, 0.25) is 5.95 Å². The van der Waals surface area contributed by atoms with Crippen LogP contribution < -0.4 is 10.5 Å². The van der Waals surface area contributed by atoms with E-state index in [1.807, 2.05) is 38.4 Å². The number of hydrogen-bond acceptors (Lipinski definition) is 6. The molecule has 1 atom stereocenters. The van der Waals surface area contributed by atoms with Crippen molar-refractivity contribution in [3.63, 3.8) is 0 Å². The maximum atomic E-state index is 13.6. The summed E-state index contributed by atoms with van der Waals surface area (Å²) in [5, 5.41) is 9.51. The number of benzene rings is 1. The second-order valence-electron chi connectivity index (χ2n) is 8.43. The summed E-state index contributed by atoms with van der Waals surface area (Å²) in [5.41, 5.74) is 2.21. The van der Waals surface area contributed by atoms with Gasteiger partial charge in [-0.3, -0.25) is 9.36 Å². The second kappa shape index (κ2) is 8.58. The van der Waals surface area contributed by atoms with Gasteiger partial charge in [-0.2, -0.15) is 5.26 Å². The Kier molecular flexibility index (Phi) is 5.89. The quantitative estimate of drug-likeness (QED) is 0.629. The number of nitrogens with zero attached hydrogens (tertiary/aromatic N) is 5. The molecular weight excluding hydrogens is 394 g/mol. The van der Waals surface area contributed by atoms with Gasteiger partial charge in [0.05, 0.1) is 23.7 Å². The summed E-state index contributed by atoms with van der Waals surface area (Å²) < 4.78 is 2.46. The van der Waals surface area contributed by atoms with Crippen LogP contribution >= 0.6 is 11.3 Å². The summed E-state index contributed by atoms with van der Waals surface area (Å²) in [6, 6.07) is 11.8. The second-order valence-corrected chi connectivity index (χ2v) is 9.57. The van der Waals surface area contributed by atoms with Crippen molar-refractivity contribution in [1.82, 2.24) is 14.5 Å². The van der Waals surface area contributed by atoms with Gasteiger partial charge in [0.1, 0.15) is 4.70 Å². The van der Waals surface area contributed by atoms with E-state index in [9.17, 15) is 10.1 Å². The number of rotatable bonds is 5. The van der Waals surface area contributed by atoms with Crippen LogP contribution in [-0.2, 0) is 13.1 Å². The topological polar surface area (TPSA) is 65.2 Å². The SMILES string of the molecule is CC1CCCN(c2nc3cc(CN(C)C)sc3c(=O)n2Cc2ccccc2C#N)C1. The predicted octanol–water partition coefficient (Wildman–Crippen LogP) is 3.68. The highest BCUT2D eigenvalue weighted by molar-refractivity contribution is 7.18. The number of aromatic nitrogens is 2. The van der Waals surface area contributed by atoms with Crippen LogP contribution in [0.5, 0.6) is 0 Å². The van der Waals surface area contributed by atoms with Gasteiger partial charge in [0.25, 0.3) is 5.56 Å². The van der Waals surface area contributed by atoms with Crippen molar-refractivity contribution in [1.29, 1.82) is 5.26 Å². The molecule has 0 amide bonds. The molecule has 1 unspecified atom stereocenters. The highest BCUT2D eigenvalue weighted by atomic mass is 32.1. The number of fused-ring (bicyclic) bond motifs is 1. The molecule has 3 heterocycles. The van der Waals surface area contributed by atoms with Crippen LogP contribution in [0, 0.1) is 17.2 Å². The Hall–Kier alpha value is -2.69. The average Bonchev–Trinajstić information content (AvgIpc) is 3.12. The van der Waals surface area contributed by atoms with Crippen molar-refractivity contribution < 1.29 is 0 Å². The molecule has 0 spiro atoms. The first-order chi connectivity index (χ1) is 14.5. The third kappa shape index (κ3) is 4.11. The van der Waals surface area contributed by atoms with E-state index < -0.39 is 0 Å². The van der Waals surface area contributed by atoms with Gasteiger partial charge in [0, 0.05) is 24.5 Å². The Morgan fingerprint density at radius 2 is 2.13 bits per heavy atom. The van der Waals surface area contributed by atoms with Gasteiger partial charge < -0.3 is 9.80 Å². The predicted molar refractivity (Wildman–Crippen MR) is 122 cm³/mol. The first-order valence-corrected chi connectivity index (χ1v) is 11.2. The van der Waals surface area contributed by atoms with E-state index in [4.69, 9.17) is 4.98 Å². The van der Waals surface area contributed by atoms with Crippen molar-refractivity contribution in [3.05, 3.63) is 56.7 Å². The van der Waals surface area contributed by atoms with E-state index in [1.165, 1.54) is 17.8 Å². The largest absolute Gasteiger partial charge is 0.342 e. The van der Waals surface area contributed by atoms with Gasteiger partial charge in [-0.15, -0.1) is 11.3 Å². The van der Waals surface area contributed by atoms with Gasteiger partial charge in [0.15, 0.2) is 0 Å². The molecule has 1 aliphatic rings. The third-order valence-corrected chi connectivity index (χ3v) is 6.64. The van der Waals surface area contributed by atoms with Gasteiger partial charge >= 0.3 is 0 Å². The maximum absolute atomic E-state index is 13.6. The van der Waals surface area contributed by atoms with Crippen molar-refractivity contribution in [3.8, 4) is 6.07 Å². The molecule has 1 fully saturated rings. The standard InChI is InChI=1S/C23H27N5OS/c1-16-7-6-10-27(13-16)23-25-20-11-19(15-26(2)3)30-21(20)22(29)28(23)14-18-9-5-4-8-17(18)12-24/h4-5,8-9,11,16H,6-7,10,13-15H2,1-3H3. The van der Waals surface area contributed by atoms with Crippen LogP contribution in [0.2, 0.25) is 0 Å². The maximum Gasteiger partial charge on any atom is 0.273 e. The lowest BCUT2D eigenvalue weighted by atomic mass is 10.0. The molecule has 1 aliphatic heterocycles. The Morgan fingerprint density at radius 3 is 2.87 bits per heavy atom. The summed E-state index contributed by atoms with van der Waals surface area (Å²) in [4.78, 5) is 24.0. The van der Waals surface area contributed by atoms with E-state index in [1.54, 1.807) is 10.6 Å². The molecule has 0 bridgehead atoms. The molecule has 0 radical (unpaired) electrons. The zero-order valence-electron chi connectivity index (χ0n) is 17.8. The summed E-state index contributed by atoms with van der Waals surface area (Å²) in [6.07, 6.45) is 2.30. The Labute approximate surface area is 181 Å². The molecule has 2 aromatic heterocycles. The number of thiophene rings is 1. The number of anilines is 1. The Bertz CT molecular complexity index is 1160. The fourth-order valence-electron chi connectivity index (χ4n) is 4.13. The lowest BCUT2D eigenvalue weighted by Crippen LogP contribution is -2.39. The molecule has 0 saturated carbocycles. The molecule has 1 aromatic carbocycles. The van der Waals surface area contributed by atoms with E-state index in [2.05, 4.69) is 22.8 Å². The molecule has 1 saturated heterocycles. The third-order valence-electron chi connectivity index (χ3n) is 5.54. The molecular formula is C23H27N5OS. The van der Waals surface area contributed by atoms with Crippen LogP contribution in [0.25, 0.3) is 10.2 Å². The van der Waals surface area contributed by atoms with Crippen molar-refractivity contribution in [2.45, 2.75) is 32.9 Å². The number of hydrogen-bond donors (Lipinski definition) is 0. The molecule has 30 heavy (non-hydrogen) atoms. The molecule has 6 nitrogen and oxygen atoms in total. The van der Waals surface area contributed by atoms with Crippen molar-refractivity contribution in [2.24, 2.45) is 5.92 Å². The Balaban J connectivity index is 1.86. The molecule has 156 valence electrons. The normalized spacial score (nSPS) is 16.9. The first kappa shape index (κ1) is 20.6. The molecule has 0 aliphatic carbocycles. The summed E-state index contributed by atoms with van der Waals surface area (Å²) >= 11 is 1.52. The molecule has 4 rings (SSSR count). The van der Waals surface area contributed by atoms with Crippen LogP contribution in [0.3, 0.4) is 0 Å². The molecule has 7 heteroatoms. The number of nitriles is 1. The lowest BCUT2D eigenvalue weighted by molar-refractivity contribution is 0.406. The summed E-state index contributed by atoms with van der Waals surface area (Å²) in [6.45, 7) is 5.18. The van der Waals surface area contributed by atoms with Crippen molar-refractivity contribution >= 4 is 27.5 Å². The average molecular weight is 422 g/mol. The van der Waals surface area contributed by atoms with Crippen LogP contribution in [0.4, 0.5) is 5.95 Å². The van der Waals surface area contributed by atoms with Crippen molar-refractivity contribution in [2.75, 3.05) is 32.1 Å². The first-order valence-electron chi connectivity index (χ1n) is 10.4. The lowest BCUT2D eigenvalue weighted by Gasteiger charge is -2.33. The fourth-order valence-corrected chi connectivity index (χ4v) is 5.29. The minimum Gasteiger partial charge on any atom is -0.342 e. The number of piperidine rings is 1. The zero-order valence-corrected chi connectivity index (χ0v) is 18.6. The van der Waals surface area contributed by atoms with Gasteiger partial charge in [-0.25, -0.2) is 4.98 Å². The van der Waals surface area contributed by atoms with Crippen LogP contribution in [0.1, 0.15) is 35.8 Å². The monoisotopic (exact) mass is 421 g/mol. The van der Waals surface area contributed by atoms with E-state index >= 15 is 0 Å². The van der Waals surface area contributed by atoms with Crippen LogP contribution in [-0.4, -0.2) is 41.6 Å². The highest BCUT2D eigenvalue weighted by Crippen LogP contribution is 2.27. The van der Waals surface area contributed by atoms with Gasteiger partial charge in [-0.1, -0.05) is 25.1 Å². The summed E-state index contributed by atoms with van der Waals surface area (Å²) in [5.74, 6) is 1.29. The Morgan fingerprint density at radius 1 is 1.33 bits per heavy atom. The van der Waals surface area contributed by atoms with Crippen LogP contribution in [0.15, 0.2) is 35.1 Å².